The minimum absolute atomic E-state index is 0.0923. The van der Waals surface area contributed by atoms with E-state index in [1.807, 2.05) is 25.1 Å². The Morgan fingerprint density at radius 1 is 1.24 bits per heavy atom. The number of aliphatic hydroxyl groups excluding tert-OH is 1. The number of methoxy groups -OCH3 is 2. The second-order valence-corrected chi connectivity index (χ2v) is 4.09. The maximum absolute atomic E-state index is 9.26. The molecule has 4 heteroatoms. The van der Waals surface area contributed by atoms with Gasteiger partial charge in [0.05, 0.1) is 20.3 Å². The van der Waals surface area contributed by atoms with Gasteiger partial charge in [-0.2, -0.15) is 0 Å². The second kappa shape index (κ2) is 6.47. The Morgan fingerprint density at radius 2 is 1.94 bits per heavy atom. The highest BCUT2D eigenvalue weighted by molar-refractivity contribution is 5.42. The Balaban J connectivity index is 2.85. The van der Waals surface area contributed by atoms with Crippen LogP contribution in [0.4, 0.5) is 0 Å². The van der Waals surface area contributed by atoms with Gasteiger partial charge in [-0.25, -0.2) is 0 Å². The molecule has 1 rings (SSSR count). The quantitative estimate of drug-likeness (QED) is 0.794. The third-order valence-electron chi connectivity index (χ3n) is 2.62. The first-order valence-electron chi connectivity index (χ1n) is 5.71. The Kier molecular flexibility index (Phi) is 5.25. The van der Waals surface area contributed by atoms with E-state index < -0.39 is 0 Å². The minimum Gasteiger partial charge on any atom is -0.497 e. The first-order chi connectivity index (χ1) is 8.08. The van der Waals surface area contributed by atoms with Crippen LogP contribution in [0.2, 0.25) is 0 Å². The number of hydrogen-bond acceptors (Lipinski definition) is 4. The van der Waals surface area contributed by atoms with Crippen molar-refractivity contribution in [1.82, 2.24) is 5.32 Å². The third kappa shape index (κ3) is 3.91. The lowest BCUT2D eigenvalue weighted by Gasteiger charge is -2.19. The van der Waals surface area contributed by atoms with Crippen molar-refractivity contribution in [3.8, 4) is 11.5 Å². The van der Waals surface area contributed by atoms with Crippen LogP contribution >= 0.6 is 0 Å². The molecule has 0 radical (unpaired) electrons. The van der Waals surface area contributed by atoms with Gasteiger partial charge in [0, 0.05) is 18.2 Å². The largest absolute Gasteiger partial charge is 0.497 e. The summed E-state index contributed by atoms with van der Waals surface area (Å²) >= 11 is 0. The highest BCUT2D eigenvalue weighted by Crippen LogP contribution is 2.29. The lowest BCUT2D eigenvalue weighted by Crippen LogP contribution is -2.27. The number of aliphatic hydroxyl groups is 1. The molecule has 0 aliphatic carbocycles. The van der Waals surface area contributed by atoms with Gasteiger partial charge in [-0.3, -0.25) is 0 Å². The zero-order valence-corrected chi connectivity index (χ0v) is 10.9. The summed E-state index contributed by atoms with van der Waals surface area (Å²) in [6.07, 6.45) is -0.367. The molecule has 4 nitrogen and oxygen atoms in total. The second-order valence-electron chi connectivity index (χ2n) is 4.09. The lowest BCUT2D eigenvalue weighted by molar-refractivity contribution is 0.187. The molecular weight excluding hydrogens is 218 g/mol. The van der Waals surface area contributed by atoms with Crippen molar-refractivity contribution in [2.45, 2.75) is 26.0 Å². The molecule has 2 unspecified atom stereocenters. The molecular formula is C13H21NO3. The molecule has 1 aromatic rings. The summed E-state index contributed by atoms with van der Waals surface area (Å²) in [5.41, 5.74) is 1.02. The molecule has 2 atom stereocenters. The van der Waals surface area contributed by atoms with Gasteiger partial charge in [0.25, 0.3) is 0 Å². The number of nitrogens with one attached hydrogen (secondary N) is 1. The van der Waals surface area contributed by atoms with E-state index in [1.54, 1.807) is 21.1 Å². The molecule has 0 bridgehead atoms. The summed E-state index contributed by atoms with van der Waals surface area (Å²) in [5.74, 6) is 1.61. The van der Waals surface area contributed by atoms with E-state index in [2.05, 4.69) is 5.32 Å². The highest BCUT2D eigenvalue weighted by Gasteiger charge is 2.12. The molecule has 1 aromatic carbocycles. The maximum atomic E-state index is 9.26. The van der Waals surface area contributed by atoms with E-state index >= 15 is 0 Å². The van der Waals surface area contributed by atoms with E-state index in [0.717, 1.165) is 17.1 Å². The van der Waals surface area contributed by atoms with Crippen molar-refractivity contribution in [2.24, 2.45) is 0 Å². The molecule has 0 heterocycles. The number of ether oxygens (including phenoxy) is 2. The SMILES string of the molecule is COc1ccc(OC)c(C(C)NCC(C)O)c1. The van der Waals surface area contributed by atoms with Gasteiger partial charge in [-0.05, 0) is 32.0 Å². The van der Waals surface area contributed by atoms with Crippen LogP contribution in [0.25, 0.3) is 0 Å². The molecule has 0 aliphatic rings. The monoisotopic (exact) mass is 239 g/mol. The fraction of sp³-hybridized carbons (Fsp3) is 0.538. The van der Waals surface area contributed by atoms with Crippen molar-refractivity contribution in [1.29, 1.82) is 0 Å². The van der Waals surface area contributed by atoms with Crippen molar-refractivity contribution in [3.63, 3.8) is 0 Å². The van der Waals surface area contributed by atoms with Crippen molar-refractivity contribution in [3.05, 3.63) is 23.8 Å². The number of benzene rings is 1. The van der Waals surface area contributed by atoms with Crippen LogP contribution in [0.3, 0.4) is 0 Å². The van der Waals surface area contributed by atoms with Crippen LogP contribution in [0.5, 0.6) is 11.5 Å². The van der Waals surface area contributed by atoms with Gasteiger partial charge < -0.3 is 19.9 Å². The topological polar surface area (TPSA) is 50.7 Å². The molecule has 2 N–H and O–H groups in total. The van der Waals surface area contributed by atoms with Gasteiger partial charge >= 0.3 is 0 Å². The van der Waals surface area contributed by atoms with Crippen LogP contribution in [-0.2, 0) is 0 Å². The molecule has 0 fully saturated rings. The third-order valence-corrected chi connectivity index (χ3v) is 2.62. The average Bonchev–Trinajstić information content (AvgIpc) is 2.34. The smallest absolute Gasteiger partial charge is 0.123 e. The summed E-state index contributed by atoms with van der Waals surface area (Å²) in [4.78, 5) is 0. The summed E-state index contributed by atoms with van der Waals surface area (Å²) in [7, 11) is 3.28. The van der Waals surface area contributed by atoms with Crippen LogP contribution in [-0.4, -0.2) is 32.0 Å². The van der Waals surface area contributed by atoms with Crippen molar-refractivity contribution >= 4 is 0 Å². The molecule has 0 saturated heterocycles. The fourth-order valence-corrected chi connectivity index (χ4v) is 1.64. The predicted molar refractivity (Wildman–Crippen MR) is 67.6 cm³/mol. The van der Waals surface area contributed by atoms with E-state index in [-0.39, 0.29) is 12.1 Å². The van der Waals surface area contributed by atoms with E-state index in [9.17, 15) is 5.11 Å². The van der Waals surface area contributed by atoms with Crippen molar-refractivity contribution < 1.29 is 14.6 Å². The Hall–Kier alpha value is -1.26. The molecule has 0 saturated carbocycles. The Morgan fingerprint density at radius 3 is 2.47 bits per heavy atom. The molecule has 17 heavy (non-hydrogen) atoms. The van der Waals surface area contributed by atoms with Crippen LogP contribution < -0.4 is 14.8 Å². The van der Waals surface area contributed by atoms with Crippen molar-refractivity contribution in [2.75, 3.05) is 20.8 Å². The van der Waals surface area contributed by atoms with Gasteiger partial charge in [-0.1, -0.05) is 0 Å². The minimum atomic E-state index is -0.367. The first kappa shape index (κ1) is 13.8. The summed E-state index contributed by atoms with van der Waals surface area (Å²) in [5, 5.41) is 12.5. The van der Waals surface area contributed by atoms with Crippen LogP contribution in [0, 0.1) is 0 Å². The molecule has 0 aromatic heterocycles. The summed E-state index contributed by atoms with van der Waals surface area (Å²) < 4.78 is 10.5. The molecule has 96 valence electrons. The van der Waals surface area contributed by atoms with Gasteiger partial charge in [0.15, 0.2) is 0 Å². The maximum Gasteiger partial charge on any atom is 0.123 e. The normalized spacial score (nSPS) is 14.2. The predicted octanol–water partition coefficient (Wildman–Crippen LogP) is 1.74. The van der Waals surface area contributed by atoms with Crippen LogP contribution in [0.15, 0.2) is 18.2 Å². The standard InChI is InChI=1S/C13H21NO3/c1-9(15)8-14-10(2)12-7-11(16-3)5-6-13(12)17-4/h5-7,9-10,14-15H,8H2,1-4H3. The van der Waals surface area contributed by atoms with Crippen LogP contribution in [0.1, 0.15) is 25.5 Å². The number of rotatable bonds is 6. The van der Waals surface area contributed by atoms with E-state index in [4.69, 9.17) is 9.47 Å². The summed E-state index contributed by atoms with van der Waals surface area (Å²) in [6.45, 7) is 4.32. The van der Waals surface area contributed by atoms with E-state index in [1.165, 1.54) is 0 Å². The average molecular weight is 239 g/mol. The highest BCUT2D eigenvalue weighted by atomic mass is 16.5. The summed E-state index contributed by atoms with van der Waals surface area (Å²) in [6, 6.07) is 5.78. The molecule has 0 spiro atoms. The number of hydrogen-bond donors (Lipinski definition) is 2. The van der Waals surface area contributed by atoms with Gasteiger partial charge in [0.2, 0.25) is 0 Å². The Bertz CT molecular complexity index is 353. The lowest BCUT2D eigenvalue weighted by atomic mass is 10.1. The van der Waals surface area contributed by atoms with Gasteiger partial charge in [-0.15, -0.1) is 0 Å². The zero-order chi connectivity index (χ0) is 12.8. The Labute approximate surface area is 103 Å². The molecule has 0 aliphatic heterocycles. The first-order valence-corrected chi connectivity index (χ1v) is 5.71. The molecule has 0 amide bonds. The van der Waals surface area contributed by atoms with E-state index in [0.29, 0.717) is 6.54 Å². The van der Waals surface area contributed by atoms with Gasteiger partial charge in [0.1, 0.15) is 11.5 Å². The fourth-order valence-electron chi connectivity index (χ4n) is 1.64. The zero-order valence-electron chi connectivity index (χ0n) is 10.9.